The molecule has 3 rings (SSSR count). The van der Waals surface area contributed by atoms with Gasteiger partial charge in [-0.25, -0.2) is 9.97 Å². The van der Waals surface area contributed by atoms with Crippen molar-refractivity contribution in [2.24, 2.45) is 0 Å². The second-order valence-electron chi connectivity index (χ2n) is 6.78. The Morgan fingerprint density at radius 3 is 2.33 bits per heavy atom. The molecule has 0 spiro atoms. The molecule has 3 aromatic rings. The number of rotatable bonds is 7. The van der Waals surface area contributed by atoms with Crippen molar-refractivity contribution in [1.82, 2.24) is 9.97 Å². The maximum atomic E-state index is 6.31. The molecule has 0 amide bonds. The molecule has 0 fully saturated rings. The number of nitrogens with two attached hydrogens (primary N) is 1. The quantitative estimate of drug-likeness (QED) is 0.517. The number of aromatic nitrogens is 2. The first-order chi connectivity index (χ1) is 13.1. The molecule has 0 saturated heterocycles. The van der Waals surface area contributed by atoms with Crippen molar-refractivity contribution in [2.75, 3.05) is 16.4 Å². The first-order valence-electron chi connectivity index (χ1n) is 9.38. The van der Waals surface area contributed by atoms with Crippen molar-refractivity contribution in [3.8, 4) is 0 Å². The summed E-state index contributed by atoms with van der Waals surface area (Å²) in [5.41, 5.74) is 12.5. The third kappa shape index (κ3) is 4.56. The molecule has 0 unspecified atom stereocenters. The van der Waals surface area contributed by atoms with Gasteiger partial charge in [-0.05, 0) is 61.6 Å². The largest absolute Gasteiger partial charge is 0.393 e. The van der Waals surface area contributed by atoms with Crippen molar-refractivity contribution in [1.29, 1.82) is 0 Å². The predicted octanol–water partition coefficient (Wildman–Crippen LogP) is 5.51. The molecule has 0 aliphatic carbocycles. The fourth-order valence-corrected chi connectivity index (χ4v) is 2.88. The smallest absolute Gasteiger partial charge is 0.159 e. The van der Waals surface area contributed by atoms with E-state index >= 15 is 0 Å². The van der Waals surface area contributed by atoms with Crippen LogP contribution in [0.1, 0.15) is 36.5 Å². The van der Waals surface area contributed by atoms with Crippen LogP contribution < -0.4 is 16.4 Å². The number of benzene rings is 2. The highest BCUT2D eigenvalue weighted by Gasteiger charge is 2.10. The van der Waals surface area contributed by atoms with Crippen LogP contribution in [0.5, 0.6) is 0 Å². The van der Waals surface area contributed by atoms with Crippen molar-refractivity contribution >= 4 is 28.7 Å². The van der Waals surface area contributed by atoms with E-state index in [4.69, 9.17) is 5.73 Å². The Morgan fingerprint density at radius 1 is 0.926 bits per heavy atom. The number of nitrogens with one attached hydrogen (secondary N) is 2. The van der Waals surface area contributed by atoms with Gasteiger partial charge in [0.05, 0.1) is 0 Å². The monoisotopic (exact) mass is 361 g/mol. The molecular formula is C22H27N5. The van der Waals surface area contributed by atoms with Gasteiger partial charge in [-0.1, -0.05) is 37.6 Å². The van der Waals surface area contributed by atoms with Crippen LogP contribution in [0.4, 0.5) is 28.7 Å². The zero-order chi connectivity index (χ0) is 19.2. The summed E-state index contributed by atoms with van der Waals surface area (Å²) in [5.74, 6) is 1.19. The summed E-state index contributed by atoms with van der Waals surface area (Å²) in [7, 11) is 0. The summed E-state index contributed by atoms with van der Waals surface area (Å²) in [5, 5.41) is 6.62. The lowest BCUT2D eigenvalue weighted by Crippen LogP contribution is -2.06. The molecule has 5 heteroatoms. The zero-order valence-corrected chi connectivity index (χ0v) is 16.2. The summed E-state index contributed by atoms with van der Waals surface area (Å²) in [4.78, 5) is 8.61. The van der Waals surface area contributed by atoms with Crippen LogP contribution in [0.25, 0.3) is 0 Å². The summed E-state index contributed by atoms with van der Waals surface area (Å²) in [6.07, 6.45) is 5.03. The molecule has 1 aromatic heterocycles. The molecular weight excluding hydrogens is 334 g/mol. The lowest BCUT2D eigenvalue weighted by molar-refractivity contribution is 0.795. The number of hydrogen-bond acceptors (Lipinski definition) is 5. The van der Waals surface area contributed by atoms with Gasteiger partial charge in [0, 0.05) is 11.4 Å². The normalized spacial score (nSPS) is 10.6. The highest BCUT2D eigenvalue weighted by molar-refractivity contribution is 5.80. The van der Waals surface area contributed by atoms with E-state index in [1.165, 1.54) is 35.9 Å². The second kappa shape index (κ2) is 8.54. The SMILES string of the molecule is CCCCc1ccc(Nc2ncnc(Nc3cccc(C)c3C)c2N)cc1. The molecule has 0 aliphatic heterocycles. The van der Waals surface area contributed by atoms with Crippen LogP contribution >= 0.6 is 0 Å². The van der Waals surface area contributed by atoms with E-state index in [-0.39, 0.29) is 0 Å². The van der Waals surface area contributed by atoms with Gasteiger partial charge in [-0.3, -0.25) is 0 Å². The summed E-state index contributed by atoms with van der Waals surface area (Å²) < 4.78 is 0. The van der Waals surface area contributed by atoms with Gasteiger partial charge >= 0.3 is 0 Å². The average Bonchev–Trinajstić information content (AvgIpc) is 2.68. The van der Waals surface area contributed by atoms with Gasteiger partial charge in [0.1, 0.15) is 12.0 Å². The van der Waals surface area contributed by atoms with E-state index < -0.39 is 0 Å². The highest BCUT2D eigenvalue weighted by Crippen LogP contribution is 2.30. The van der Waals surface area contributed by atoms with Gasteiger partial charge in [0.2, 0.25) is 0 Å². The number of nitrogen functional groups attached to an aromatic ring is 1. The molecule has 4 N–H and O–H groups in total. The number of unbranched alkanes of at least 4 members (excludes halogenated alkanes) is 1. The topological polar surface area (TPSA) is 75.9 Å². The van der Waals surface area contributed by atoms with Gasteiger partial charge in [0.15, 0.2) is 11.6 Å². The van der Waals surface area contributed by atoms with Crippen LogP contribution in [0.15, 0.2) is 48.8 Å². The lowest BCUT2D eigenvalue weighted by atomic mass is 10.1. The van der Waals surface area contributed by atoms with Crippen molar-refractivity contribution in [3.05, 3.63) is 65.5 Å². The maximum absolute atomic E-state index is 6.31. The number of hydrogen-bond donors (Lipinski definition) is 3. The Hall–Kier alpha value is -3.08. The van der Waals surface area contributed by atoms with E-state index in [0.717, 1.165) is 17.8 Å². The third-order valence-corrected chi connectivity index (χ3v) is 4.78. The predicted molar refractivity (Wildman–Crippen MR) is 114 cm³/mol. The second-order valence-corrected chi connectivity index (χ2v) is 6.78. The number of anilines is 5. The van der Waals surface area contributed by atoms with E-state index in [2.05, 4.69) is 71.7 Å². The van der Waals surface area contributed by atoms with Crippen LogP contribution in [0, 0.1) is 13.8 Å². The third-order valence-electron chi connectivity index (χ3n) is 4.78. The maximum Gasteiger partial charge on any atom is 0.159 e. The van der Waals surface area contributed by atoms with E-state index in [9.17, 15) is 0 Å². The first kappa shape index (κ1) is 18.7. The highest BCUT2D eigenvalue weighted by atomic mass is 15.1. The first-order valence-corrected chi connectivity index (χ1v) is 9.38. The van der Waals surface area contributed by atoms with Crippen molar-refractivity contribution in [2.45, 2.75) is 40.0 Å². The fraction of sp³-hybridized carbons (Fsp3) is 0.273. The molecule has 1 heterocycles. The van der Waals surface area contributed by atoms with Gasteiger partial charge in [-0.15, -0.1) is 0 Å². The lowest BCUT2D eigenvalue weighted by Gasteiger charge is -2.15. The Kier molecular flexibility index (Phi) is 5.91. The number of aryl methyl sites for hydroxylation is 2. The molecule has 27 heavy (non-hydrogen) atoms. The molecule has 0 saturated carbocycles. The fourth-order valence-electron chi connectivity index (χ4n) is 2.88. The average molecular weight is 361 g/mol. The summed E-state index contributed by atoms with van der Waals surface area (Å²) >= 11 is 0. The molecule has 0 atom stereocenters. The molecule has 0 bridgehead atoms. The molecule has 5 nitrogen and oxygen atoms in total. The van der Waals surface area contributed by atoms with E-state index in [1.807, 2.05) is 12.1 Å². The number of nitrogens with zero attached hydrogens (tertiary/aromatic N) is 2. The Bertz CT molecular complexity index is 903. The molecule has 2 aromatic carbocycles. The molecule has 140 valence electrons. The Labute approximate surface area is 161 Å². The standard InChI is InChI=1S/C22H27N5/c1-4-5-8-17-10-12-18(13-11-17)26-21-20(23)22(25-14-24-21)27-19-9-6-7-15(2)16(19)3/h6-7,9-14H,4-5,8,23H2,1-3H3,(H2,24,25,26,27). The van der Waals surface area contributed by atoms with Crippen LogP contribution in [0.2, 0.25) is 0 Å². The minimum Gasteiger partial charge on any atom is -0.393 e. The van der Waals surface area contributed by atoms with E-state index in [0.29, 0.717) is 17.3 Å². The molecule has 0 aliphatic rings. The summed E-state index contributed by atoms with van der Waals surface area (Å²) in [6, 6.07) is 14.5. The van der Waals surface area contributed by atoms with Gasteiger partial charge in [0.25, 0.3) is 0 Å². The van der Waals surface area contributed by atoms with Crippen LogP contribution in [-0.2, 0) is 6.42 Å². The van der Waals surface area contributed by atoms with E-state index in [1.54, 1.807) is 0 Å². The van der Waals surface area contributed by atoms with Gasteiger partial charge in [-0.2, -0.15) is 0 Å². The molecule has 0 radical (unpaired) electrons. The Balaban J connectivity index is 1.77. The van der Waals surface area contributed by atoms with Crippen molar-refractivity contribution in [3.63, 3.8) is 0 Å². The minimum atomic E-state index is 0.494. The van der Waals surface area contributed by atoms with Crippen LogP contribution in [0.3, 0.4) is 0 Å². The Morgan fingerprint density at radius 2 is 1.63 bits per heavy atom. The zero-order valence-electron chi connectivity index (χ0n) is 16.2. The summed E-state index contributed by atoms with van der Waals surface area (Å²) in [6.45, 7) is 6.37. The minimum absolute atomic E-state index is 0.494. The van der Waals surface area contributed by atoms with Gasteiger partial charge < -0.3 is 16.4 Å². The van der Waals surface area contributed by atoms with Crippen molar-refractivity contribution < 1.29 is 0 Å². The van der Waals surface area contributed by atoms with Crippen LogP contribution in [-0.4, -0.2) is 9.97 Å².